The zero-order chi connectivity index (χ0) is 21.7. The number of carbonyl (C=O) groups is 2. The molecule has 2 aromatic rings. The molecule has 0 aliphatic carbocycles. The maximum atomic E-state index is 12.9. The number of benzene rings is 2. The minimum atomic E-state index is -0.284. The van der Waals surface area contributed by atoms with E-state index in [9.17, 15) is 9.59 Å². The third-order valence-corrected chi connectivity index (χ3v) is 6.04. The molecule has 1 aliphatic rings. The van der Waals surface area contributed by atoms with E-state index in [-0.39, 0.29) is 17.7 Å². The summed E-state index contributed by atoms with van der Waals surface area (Å²) in [4.78, 5) is 27.1. The van der Waals surface area contributed by atoms with Crippen LogP contribution in [0.4, 0.5) is 4.79 Å². The fraction of sp³-hybridized carbons (Fsp3) is 0.304. The summed E-state index contributed by atoms with van der Waals surface area (Å²) < 4.78 is 12.3. The number of nitrogens with zero attached hydrogens (tertiary/aromatic N) is 1. The Morgan fingerprint density at radius 2 is 1.90 bits per heavy atom. The second-order valence-corrected chi connectivity index (χ2v) is 8.65. The summed E-state index contributed by atoms with van der Waals surface area (Å²) in [5.74, 6) is 0.961. The molecule has 30 heavy (non-hydrogen) atoms. The average molecular weight is 490 g/mol. The summed E-state index contributed by atoms with van der Waals surface area (Å²) in [6.07, 6.45) is 2.60. The van der Waals surface area contributed by atoms with E-state index in [1.807, 2.05) is 57.2 Å². The molecule has 2 amide bonds. The highest BCUT2D eigenvalue weighted by atomic mass is 79.9. The summed E-state index contributed by atoms with van der Waals surface area (Å²) >= 11 is 4.49. The first-order valence-electron chi connectivity index (χ1n) is 9.83. The molecule has 1 heterocycles. The highest BCUT2D eigenvalue weighted by Crippen LogP contribution is 2.39. The van der Waals surface area contributed by atoms with Crippen LogP contribution in [0.5, 0.6) is 11.5 Å². The standard InChI is InChI=1S/C23H24BrNO4S/c1-4-10-29-21-18(24)11-16(12-19(21)28-5-2)13-20-22(26)25(23(27)30-20)14-17-9-7-6-8-15(17)3/h6-9,11-13H,4-5,10,14H2,1-3H3/b20-13-. The minimum Gasteiger partial charge on any atom is -0.490 e. The third-order valence-electron chi connectivity index (χ3n) is 4.54. The molecule has 2 aromatic carbocycles. The van der Waals surface area contributed by atoms with Gasteiger partial charge in [0, 0.05) is 0 Å². The van der Waals surface area contributed by atoms with Crippen LogP contribution in [0.3, 0.4) is 0 Å². The Labute approximate surface area is 189 Å². The van der Waals surface area contributed by atoms with Crippen molar-refractivity contribution in [1.29, 1.82) is 0 Å². The summed E-state index contributed by atoms with van der Waals surface area (Å²) in [7, 11) is 0. The van der Waals surface area contributed by atoms with Crippen LogP contribution in [0, 0.1) is 6.92 Å². The van der Waals surface area contributed by atoms with Gasteiger partial charge in [-0.3, -0.25) is 14.5 Å². The Kier molecular flexibility index (Phi) is 7.61. The molecule has 0 atom stereocenters. The van der Waals surface area contributed by atoms with E-state index >= 15 is 0 Å². The van der Waals surface area contributed by atoms with Crippen LogP contribution in [0.25, 0.3) is 6.08 Å². The topological polar surface area (TPSA) is 55.8 Å². The van der Waals surface area contributed by atoms with Crippen molar-refractivity contribution in [3.63, 3.8) is 0 Å². The molecule has 0 saturated carbocycles. The molecule has 1 saturated heterocycles. The van der Waals surface area contributed by atoms with Crippen LogP contribution in [-0.2, 0) is 11.3 Å². The quantitative estimate of drug-likeness (QED) is 0.414. The molecule has 0 unspecified atom stereocenters. The number of halogens is 1. The lowest BCUT2D eigenvalue weighted by atomic mass is 10.1. The van der Waals surface area contributed by atoms with Gasteiger partial charge in [-0.15, -0.1) is 0 Å². The van der Waals surface area contributed by atoms with Crippen LogP contribution in [0.15, 0.2) is 45.8 Å². The largest absolute Gasteiger partial charge is 0.490 e. The number of hydrogen-bond donors (Lipinski definition) is 0. The van der Waals surface area contributed by atoms with Crippen molar-refractivity contribution in [1.82, 2.24) is 4.90 Å². The molecule has 158 valence electrons. The molecule has 5 nitrogen and oxygen atoms in total. The van der Waals surface area contributed by atoms with Gasteiger partial charge in [0.1, 0.15) is 0 Å². The Morgan fingerprint density at radius 1 is 1.13 bits per heavy atom. The van der Waals surface area contributed by atoms with Gasteiger partial charge in [0.05, 0.1) is 29.1 Å². The van der Waals surface area contributed by atoms with Crippen molar-refractivity contribution < 1.29 is 19.1 Å². The molecular weight excluding hydrogens is 466 g/mol. The second-order valence-electron chi connectivity index (χ2n) is 6.81. The summed E-state index contributed by atoms with van der Waals surface area (Å²) in [5.41, 5.74) is 2.77. The van der Waals surface area contributed by atoms with E-state index in [0.717, 1.165) is 39.3 Å². The van der Waals surface area contributed by atoms with E-state index in [0.29, 0.717) is 29.6 Å². The molecule has 1 aliphatic heterocycles. The van der Waals surface area contributed by atoms with Gasteiger partial charge in [-0.25, -0.2) is 0 Å². The van der Waals surface area contributed by atoms with Gasteiger partial charge in [-0.2, -0.15) is 0 Å². The smallest absolute Gasteiger partial charge is 0.293 e. The maximum absolute atomic E-state index is 12.9. The monoisotopic (exact) mass is 489 g/mol. The van der Waals surface area contributed by atoms with Gasteiger partial charge in [0.15, 0.2) is 11.5 Å². The number of amides is 2. The van der Waals surface area contributed by atoms with Crippen molar-refractivity contribution in [2.24, 2.45) is 0 Å². The molecule has 0 radical (unpaired) electrons. The first-order valence-corrected chi connectivity index (χ1v) is 11.4. The molecule has 7 heteroatoms. The van der Waals surface area contributed by atoms with Crippen molar-refractivity contribution in [2.45, 2.75) is 33.7 Å². The third kappa shape index (κ3) is 5.08. The molecule has 0 N–H and O–H groups in total. The minimum absolute atomic E-state index is 0.263. The SMILES string of the molecule is CCCOc1c(Br)cc(/C=C2\SC(=O)N(Cc3ccccc3C)C2=O)cc1OCC. The predicted molar refractivity (Wildman–Crippen MR) is 124 cm³/mol. The zero-order valence-corrected chi connectivity index (χ0v) is 19.6. The van der Waals surface area contributed by atoms with Crippen LogP contribution >= 0.6 is 27.7 Å². The van der Waals surface area contributed by atoms with Crippen molar-refractivity contribution in [3.8, 4) is 11.5 Å². The zero-order valence-electron chi connectivity index (χ0n) is 17.2. The molecule has 0 bridgehead atoms. The second kappa shape index (κ2) is 10.2. The lowest BCUT2D eigenvalue weighted by Gasteiger charge is -2.15. The Hall–Kier alpha value is -2.25. The summed E-state index contributed by atoms with van der Waals surface area (Å²) in [5, 5.41) is -0.263. The number of rotatable bonds is 8. The Bertz CT molecular complexity index is 989. The highest BCUT2D eigenvalue weighted by molar-refractivity contribution is 9.10. The Morgan fingerprint density at radius 3 is 2.60 bits per heavy atom. The number of carbonyl (C=O) groups excluding carboxylic acids is 2. The van der Waals surface area contributed by atoms with Gasteiger partial charge >= 0.3 is 0 Å². The number of thioether (sulfide) groups is 1. The van der Waals surface area contributed by atoms with Crippen LogP contribution in [0.1, 0.15) is 37.0 Å². The molecular formula is C23H24BrNO4S. The first kappa shape index (κ1) is 22.4. The van der Waals surface area contributed by atoms with E-state index < -0.39 is 0 Å². The van der Waals surface area contributed by atoms with Crippen LogP contribution in [0.2, 0.25) is 0 Å². The summed E-state index contributed by atoms with van der Waals surface area (Å²) in [6.45, 7) is 7.25. The van der Waals surface area contributed by atoms with Gasteiger partial charge in [0.2, 0.25) is 0 Å². The van der Waals surface area contributed by atoms with E-state index in [1.54, 1.807) is 6.08 Å². The number of imide groups is 1. The summed E-state index contributed by atoms with van der Waals surface area (Å²) in [6, 6.07) is 11.4. The van der Waals surface area contributed by atoms with E-state index in [1.165, 1.54) is 4.90 Å². The van der Waals surface area contributed by atoms with E-state index in [2.05, 4.69) is 15.9 Å². The van der Waals surface area contributed by atoms with Gasteiger partial charge in [0.25, 0.3) is 11.1 Å². The highest BCUT2D eigenvalue weighted by Gasteiger charge is 2.35. The number of hydrogen-bond acceptors (Lipinski definition) is 5. The molecule has 3 rings (SSSR count). The maximum Gasteiger partial charge on any atom is 0.293 e. The van der Waals surface area contributed by atoms with Gasteiger partial charge in [-0.1, -0.05) is 31.2 Å². The lowest BCUT2D eigenvalue weighted by Crippen LogP contribution is -2.27. The first-order chi connectivity index (χ1) is 14.4. The average Bonchev–Trinajstić information content (AvgIpc) is 2.96. The molecule has 0 aromatic heterocycles. The van der Waals surface area contributed by atoms with Crippen molar-refractivity contribution >= 4 is 44.9 Å². The Balaban J connectivity index is 1.87. The van der Waals surface area contributed by atoms with Crippen LogP contribution < -0.4 is 9.47 Å². The fourth-order valence-corrected chi connectivity index (χ4v) is 4.44. The normalized spacial score (nSPS) is 15.2. The lowest BCUT2D eigenvalue weighted by molar-refractivity contribution is -0.123. The molecule has 0 spiro atoms. The van der Waals surface area contributed by atoms with E-state index in [4.69, 9.17) is 9.47 Å². The van der Waals surface area contributed by atoms with Crippen LogP contribution in [-0.4, -0.2) is 29.3 Å². The molecule has 1 fully saturated rings. The van der Waals surface area contributed by atoms with Gasteiger partial charge in [-0.05, 0) is 82.9 Å². The van der Waals surface area contributed by atoms with Crippen molar-refractivity contribution in [2.75, 3.05) is 13.2 Å². The number of ether oxygens (including phenoxy) is 2. The fourth-order valence-electron chi connectivity index (χ4n) is 3.02. The predicted octanol–water partition coefficient (Wildman–Crippen LogP) is 6.18. The number of aryl methyl sites for hydroxylation is 1. The van der Waals surface area contributed by atoms with Crippen molar-refractivity contribution in [3.05, 3.63) is 62.5 Å². The van der Waals surface area contributed by atoms with Gasteiger partial charge < -0.3 is 9.47 Å².